The molecule has 6 rings (SSSR count). The number of nitrogens with zero attached hydrogens (tertiary/aromatic N) is 5. The minimum Gasteiger partial charge on any atom is -0.486 e. The Morgan fingerprint density at radius 3 is 2.65 bits per heavy atom. The van der Waals surface area contributed by atoms with Gasteiger partial charge in [0, 0.05) is 64.1 Å². The molecule has 4 aliphatic rings. The molecule has 4 aliphatic heterocycles. The largest absolute Gasteiger partial charge is 0.486 e. The molecule has 3 saturated heterocycles. The molecule has 31 heavy (non-hydrogen) atoms. The summed E-state index contributed by atoms with van der Waals surface area (Å²) in [7, 11) is 0. The predicted octanol–water partition coefficient (Wildman–Crippen LogP) is 1.04. The first-order valence-corrected chi connectivity index (χ1v) is 11.3. The molecule has 0 unspecified atom stereocenters. The van der Waals surface area contributed by atoms with Crippen molar-refractivity contribution in [3.8, 4) is 5.75 Å². The van der Waals surface area contributed by atoms with Crippen molar-refractivity contribution in [2.45, 2.75) is 12.6 Å². The zero-order valence-electron chi connectivity index (χ0n) is 17.7. The molecule has 0 atom stereocenters. The summed E-state index contributed by atoms with van der Waals surface area (Å²) in [5, 5.41) is 6.96. The molecule has 3 fully saturated rings. The summed E-state index contributed by atoms with van der Waals surface area (Å²) < 4.78 is 11.7. The maximum absolute atomic E-state index is 6.17. The van der Waals surface area contributed by atoms with E-state index in [0.29, 0.717) is 12.6 Å². The van der Waals surface area contributed by atoms with Crippen LogP contribution in [0.4, 0.5) is 23.0 Å². The van der Waals surface area contributed by atoms with Gasteiger partial charge < -0.3 is 29.9 Å². The average Bonchev–Trinajstić information content (AvgIpc) is 2.98. The summed E-state index contributed by atoms with van der Waals surface area (Å²) in [6.45, 7) is 10.3. The first-order valence-electron chi connectivity index (χ1n) is 11.3. The van der Waals surface area contributed by atoms with Crippen LogP contribution in [0.15, 0.2) is 24.5 Å². The lowest BCUT2D eigenvalue weighted by Gasteiger charge is -2.48. The molecule has 0 bridgehead atoms. The minimum absolute atomic E-state index is 0.455. The summed E-state index contributed by atoms with van der Waals surface area (Å²) >= 11 is 0. The van der Waals surface area contributed by atoms with Crippen LogP contribution in [0.1, 0.15) is 5.56 Å². The van der Waals surface area contributed by atoms with Crippen molar-refractivity contribution in [1.82, 2.24) is 20.2 Å². The van der Waals surface area contributed by atoms with Gasteiger partial charge in [-0.2, -0.15) is 0 Å². The van der Waals surface area contributed by atoms with Crippen LogP contribution < -0.4 is 25.2 Å². The Hall–Kier alpha value is -2.62. The van der Waals surface area contributed by atoms with Crippen molar-refractivity contribution >= 4 is 23.0 Å². The molecule has 0 amide bonds. The topological polar surface area (TPSA) is 78.0 Å². The van der Waals surface area contributed by atoms with Gasteiger partial charge in [-0.25, -0.2) is 9.97 Å². The van der Waals surface area contributed by atoms with Crippen LogP contribution in [0.25, 0.3) is 0 Å². The number of morpholine rings is 1. The second-order valence-electron chi connectivity index (χ2n) is 8.56. The van der Waals surface area contributed by atoms with Gasteiger partial charge in [-0.05, 0) is 18.2 Å². The molecular formula is C22H29N7O2. The highest BCUT2D eigenvalue weighted by molar-refractivity contribution is 5.74. The van der Waals surface area contributed by atoms with Crippen molar-refractivity contribution in [2.75, 3.05) is 80.7 Å². The molecule has 2 N–H and O–H groups in total. The Bertz CT molecular complexity index is 937. The van der Waals surface area contributed by atoms with Crippen LogP contribution in [0.3, 0.4) is 0 Å². The number of rotatable bonds is 3. The van der Waals surface area contributed by atoms with E-state index in [1.807, 2.05) is 0 Å². The molecule has 5 heterocycles. The zero-order valence-corrected chi connectivity index (χ0v) is 17.7. The molecule has 9 heteroatoms. The van der Waals surface area contributed by atoms with Crippen LogP contribution in [0, 0.1) is 0 Å². The van der Waals surface area contributed by atoms with E-state index in [0.717, 1.165) is 94.2 Å². The van der Waals surface area contributed by atoms with Gasteiger partial charge in [0.05, 0.1) is 24.5 Å². The fourth-order valence-electron chi connectivity index (χ4n) is 4.85. The van der Waals surface area contributed by atoms with E-state index in [1.165, 1.54) is 5.69 Å². The third kappa shape index (κ3) is 3.66. The maximum atomic E-state index is 6.17. The first-order chi connectivity index (χ1) is 15.3. The lowest BCUT2D eigenvalue weighted by molar-refractivity contribution is 0.122. The Labute approximate surface area is 182 Å². The second kappa shape index (κ2) is 8.14. The van der Waals surface area contributed by atoms with Crippen molar-refractivity contribution in [3.63, 3.8) is 0 Å². The highest BCUT2D eigenvalue weighted by atomic mass is 16.5. The molecule has 0 spiro atoms. The lowest BCUT2D eigenvalue weighted by Crippen LogP contribution is -2.62. The highest BCUT2D eigenvalue weighted by Crippen LogP contribution is 2.39. The molecular weight excluding hydrogens is 394 g/mol. The van der Waals surface area contributed by atoms with Crippen molar-refractivity contribution < 1.29 is 9.47 Å². The Balaban J connectivity index is 1.20. The van der Waals surface area contributed by atoms with Gasteiger partial charge in [-0.1, -0.05) is 0 Å². The molecule has 2 aromatic rings. The van der Waals surface area contributed by atoms with E-state index in [1.54, 1.807) is 6.33 Å². The van der Waals surface area contributed by atoms with Crippen molar-refractivity contribution in [2.24, 2.45) is 0 Å². The van der Waals surface area contributed by atoms with Gasteiger partial charge in [0.25, 0.3) is 0 Å². The predicted molar refractivity (Wildman–Crippen MR) is 120 cm³/mol. The highest BCUT2D eigenvalue weighted by Gasteiger charge is 2.33. The second-order valence-corrected chi connectivity index (χ2v) is 8.56. The van der Waals surface area contributed by atoms with E-state index >= 15 is 0 Å². The Kier molecular flexibility index (Phi) is 5.01. The summed E-state index contributed by atoms with van der Waals surface area (Å²) in [5.41, 5.74) is 3.20. The lowest BCUT2D eigenvalue weighted by atomic mass is 10.0. The number of benzene rings is 1. The fourth-order valence-corrected chi connectivity index (χ4v) is 4.85. The maximum Gasteiger partial charge on any atom is 0.143 e. The number of nitrogens with one attached hydrogen (secondary N) is 2. The molecule has 1 aromatic carbocycles. The van der Waals surface area contributed by atoms with Crippen LogP contribution in [-0.2, 0) is 11.3 Å². The van der Waals surface area contributed by atoms with E-state index < -0.39 is 0 Å². The Morgan fingerprint density at radius 2 is 1.81 bits per heavy atom. The van der Waals surface area contributed by atoms with Crippen LogP contribution in [-0.4, -0.2) is 86.5 Å². The van der Waals surface area contributed by atoms with Gasteiger partial charge in [0.1, 0.15) is 30.3 Å². The molecule has 164 valence electrons. The van der Waals surface area contributed by atoms with Gasteiger partial charge in [-0.15, -0.1) is 0 Å². The molecule has 0 saturated carbocycles. The smallest absolute Gasteiger partial charge is 0.143 e. The summed E-state index contributed by atoms with van der Waals surface area (Å²) in [4.78, 5) is 16.4. The first kappa shape index (κ1) is 19.1. The van der Waals surface area contributed by atoms with E-state index in [2.05, 4.69) is 53.5 Å². The van der Waals surface area contributed by atoms with E-state index in [-0.39, 0.29) is 0 Å². The van der Waals surface area contributed by atoms with E-state index in [9.17, 15) is 0 Å². The number of hydrogen-bond acceptors (Lipinski definition) is 9. The number of fused-ring (bicyclic) bond motifs is 2. The molecule has 9 nitrogen and oxygen atoms in total. The quantitative estimate of drug-likeness (QED) is 0.753. The zero-order chi connectivity index (χ0) is 20.6. The summed E-state index contributed by atoms with van der Waals surface area (Å²) in [6.07, 6.45) is 1.64. The normalized spacial score (nSPS) is 21.9. The monoisotopic (exact) mass is 423 g/mol. The number of piperazine rings is 1. The number of aromatic nitrogens is 2. The number of anilines is 4. The number of ether oxygens (including phenoxy) is 2. The molecule has 1 aromatic heterocycles. The summed E-state index contributed by atoms with van der Waals surface area (Å²) in [5.74, 6) is 2.62. The van der Waals surface area contributed by atoms with Gasteiger partial charge in [0.15, 0.2) is 0 Å². The van der Waals surface area contributed by atoms with Gasteiger partial charge in [0.2, 0.25) is 0 Å². The van der Waals surface area contributed by atoms with Gasteiger partial charge >= 0.3 is 0 Å². The van der Waals surface area contributed by atoms with Crippen LogP contribution in [0.5, 0.6) is 5.75 Å². The van der Waals surface area contributed by atoms with Gasteiger partial charge in [-0.3, -0.25) is 4.90 Å². The SMILES string of the molecule is c1nc2c(c(N3CCOCC3)n1)COc1ccc(N3CC(N4CCNCC4)C3)cc1N2. The number of hydrogen-bond donors (Lipinski definition) is 2. The fraction of sp³-hybridized carbons (Fsp3) is 0.545. The third-order valence-electron chi connectivity index (χ3n) is 6.72. The van der Waals surface area contributed by atoms with Crippen LogP contribution in [0.2, 0.25) is 0 Å². The summed E-state index contributed by atoms with van der Waals surface area (Å²) in [6, 6.07) is 7.09. The Morgan fingerprint density at radius 1 is 0.968 bits per heavy atom. The standard InChI is InChI=1S/C22H29N7O2/c1-2-20-19(11-16(1)29-12-17(13-29)27-5-3-23-4-6-27)26-21-18(14-31-20)22(25-15-24-21)28-7-9-30-10-8-28/h1-2,11,15,17,23H,3-10,12-14H2,(H,24,25,26). The average molecular weight is 424 g/mol. The van der Waals surface area contributed by atoms with Crippen LogP contribution >= 0.6 is 0 Å². The minimum atomic E-state index is 0.455. The van der Waals surface area contributed by atoms with Crippen molar-refractivity contribution in [3.05, 3.63) is 30.1 Å². The van der Waals surface area contributed by atoms with E-state index in [4.69, 9.17) is 9.47 Å². The molecule has 0 aliphatic carbocycles. The van der Waals surface area contributed by atoms with Crippen molar-refractivity contribution in [1.29, 1.82) is 0 Å². The molecule has 0 radical (unpaired) electrons. The third-order valence-corrected chi connectivity index (χ3v) is 6.72.